The van der Waals surface area contributed by atoms with Crippen molar-refractivity contribution in [3.05, 3.63) is 66.0 Å². The average Bonchev–Trinajstić information content (AvgIpc) is 3.40. The van der Waals surface area contributed by atoms with Crippen LogP contribution in [-0.2, 0) is 6.18 Å². The second-order valence-corrected chi connectivity index (χ2v) is 6.23. The van der Waals surface area contributed by atoms with Gasteiger partial charge in [0.15, 0.2) is 5.69 Å². The van der Waals surface area contributed by atoms with Crippen molar-refractivity contribution >= 4 is 11.6 Å². The predicted octanol–water partition coefficient (Wildman–Crippen LogP) is 3.81. The fraction of sp³-hybridized carbons (Fsp3) is 0.222. The maximum atomic E-state index is 13.0. The molecule has 1 N–H and O–H groups in total. The number of amides is 1. The lowest BCUT2D eigenvalue weighted by Gasteiger charge is -2.09. The number of nitrogens with one attached hydrogen (secondary N) is 1. The van der Waals surface area contributed by atoms with Crippen molar-refractivity contribution in [2.45, 2.75) is 24.9 Å². The van der Waals surface area contributed by atoms with Crippen molar-refractivity contribution in [1.82, 2.24) is 19.7 Å². The zero-order chi connectivity index (χ0) is 19.0. The molecule has 4 rings (SSSR count). The van der Waals surface area contributed by atoms with E-state index in [-0.39, 0.29) is 11.6 Å². The SMILES string of the molecule is O=C(Nc1ccc(-n2nc(C(F)(F)F)cc2C2CC2)cc1)c1ccncn1. The molecular weight excluding hydrogens is 359 g/mol. The molecule has 138 valence electrons. The third-order valence-corrected chi connectivity index (χ3v) is 4.21. The number of nitrogens with zero attached hydrogens (tertiary/aromatic N) is 4. The third-order valence-electron chi connectivity index (χ3n) is 4.21. The van der Waals surface area contributed by atoms with Crippen LogP contribution in [0.2, 0.25) is 0 Å². The number of aromatic nitrogens is 4. The summed E-state index contributed by atoms with van der Waals surface area (Å²) in [4.78, 5) is 19.7. The molecular formula is C18H14F3N5O. The van der Waals surface area contributed by atoms with Crippen LogP contribution in [0.3, 0.4) is 0 Å². The summed E-state index contributed by atoms with van der Waals surface area (Å²) in [5.74, 6) is -0.298. The highest BCUT2D eigenvalue weighted by molar-refractivity contribution is 6.02. The van der Waals surface area contributed by atoms with E-state index in [9.17, 15) is 18.0 Å². The third kappa shape index (κ3) is 3.67. The summed E-state index contributed by atoms with van der Waals surface area (Å²) >= 11 is 0. The maximum Gasteiger partial charge on any atom is 0.435 e. The largest absolute Gasteiger partial charge is 0.435 e. The van der Waals surface area contributed by atoms with E-state index in [2.05, 4.69) is 20.4 Å². The first-order chi connectivity index (χ1) is 12.9. The quantitative estimate of drug-likeness (QED) is 0.755. The Morgan fingerprint density at radius 2 is 1.89 bits per heavy atom. The highest BCUT2D eigenvalue weighted by atomic mass is 19.4. The molecule has 0 atom stereocenters. The van der Waals surface area contributed by atoms with Crippen LogP contribution in [0.4, 0.5) is 18.9 Å². The Hall–Kier alpha value is -3.23. The molecule has 1 aliphatic rings. The number of anilines is 1. The molecule has 9 heteroatoms. The summed E-state index contributed by atoms with van der Waals surface area (Å²) < 4.78 is 40.4. The lowest BCUT2D eigenvalue weighted by atomic mass is 10.2. The Labute approximate surface area is 152 Å². The first-order valence-electron chi connectivity index (χ1n) is 8.27. The summed E-state index contributed by atoms with van der Waals surface area (Å²) in [5.41, 5.74) is 0.878. The van der Waals surface area contributed by atoms with Crippen LogP contribution in [0.5, 0.6) is 0 Å². The van der Waals surface area contributed by atoms with Crippen molar-refractivity contribution in [2.24, 2.45) is 0 Å². The molecule has 27 heavy (non-hydrogen) atoms. The van der Waals surface area contributed by atoms with Gasteiger partial charge >= 0.3 is 6.18 Å². The summed E-state index contributed by atoms with van der Waals surface area (Å²) in [6, 6.07) is 9.06. The van der Waals surface area contributed by atoms with Crippen LogP contribution < -0.4 is 5.32 Å². The zero-order valence-electron chi connectivity index (χ0n) is 13.9. The highest BCUT2D eigenvalue weighted by Gasteiger charge is 2.38. The Balaban J connectivity index is 1.57. The Bertz CT molecular complexity index is 963. The topological polar surface area (TPSA) is 72.7 Å². The lowest BCUT2D eigenvalue weighted by Crippen LogP contribution is -2.13. The fourth-order valence-electron chi connectivity index (χ4n) is 2.72. The average molecular weight is 373 g/mol. The van der Waals surface area contributed by atoms with Gasteiger partial charge in [0, 0.05) is 23.5 Å². The minimum Gasteiger partial charge on any atom is -0.321 e. The van der Waals surface area contributed by atoms with Crippen LogP contribution in [0.15, 0.2) is 48.9 Å². The molecule has 0 radical (unpaired) electrons. The van der Waals surface area contributed by atoms with Crippen LogP contribution in [0.25, 0.3) is 5.69 Å². The molecule has 3 aromatic rings. The first kappa shape index (κ1) is 17.2. The smallest absolute Gasteiger partial charge is 0.321 e. The molecule has 0 unspecified atom stereocenters. The molecule has 2 aromatic heterocycles. The molecule has 1 fully saturated rings. The molecule has 1 aliphatic carbocycles. The molecule has 1 aromatic carbocycles. The van der Waals surface area contributed by atoms with E-state index < -0.39 is 17.8 Å². The minimum atomic E-state index is -4.49. The molecule has 2 heterocycles. The summed E-state index contributed by atoms with van der Waals surface area (Å²) in [6.45, 7) is 0. The van der Waals surface area contributed by atoms with Gasteiger partial charge in [-0.25, -0.2) is 14.6 Å². The molecule has 1 amide bonds. The van der Waals surface area contributed by atoms with E-state index in [0.717, 1.165) is 18.9 Å². The van der Waals surface area contributed by atoms with Gasteiger partial charge in [0.2, 0.25) is 0 Å². The number of carbonyl (C=O) groups is 1. The summed E-state index contributed by atoms with van der Waals surface area (Å²) in [6.07, 6.45) is -0.0415. The Kier molecular flexibility index (Phi) is 4.14. The van der Waals surface area contributed by atoms with Gasteiger partial charge in [0.05, 0.1) is 5.69 Å². The zero-order valence-corrected chi connectivity index (χ0v) is 13.9. The van der Waals surface area contributed by atoms with Gasteiger partial charge < -0.3 is 5.32 Å². The molecule has 0 aliphatic heterocycles. The summed E-state index contributed by atoms with van der Waals surface area (Å²) in [7, 11) is 0. The van der Waals surface area contributed by atoms with Gasteiger partial charge in [-0.2, -0.15) is 18.3 Å². The number of carbonyl (C=O) groups excluding carboxylic acids is 1. The monoisotopic (exact) mass is 373 g/mol. The van der Waals surface area contributed by atoms with Gasteiger partial charge in [-0.1, -0.05) is 0 Å². The Morgan fingerprint density at radius 1 is 1.15 bits per heavy atom. The lowest BCUT2D eigenvalue weighted by molar-refractivity contribution is -0.141. The number of alkyl halides is 3. The van der Waals surface area contributed by atoms with Gasteiger partial charge in [-0.3, -0.25) is 4.79 Å². The fourth-order valence-corrected chi connectivity index (χ4v) is 2.72. The van der Waals surface area contributed by atoms with Gasteiger partial charge in [-0.15, -0.1) is 0 Å². The van der Waals surface area contributed by atoms with Gasteiger partial charge in [0.1, 0.15) is 12.0 Å². The van der Waals surface area contributed by atoms with E-state index in [4.69, 9.17) is 0 Å². The Morgan fingerprint density at radius 3 is 2.48 bits per heavy atom. The van der Waals surface area contributed by atoms with E-state index >= 15 is 0 Å². The van der Waals surface area contributed by atoms with Crippen molar-refractivity contribution in [3.8, 4) is 5.69 Å². The van der Waals surface area contributed by atoms with Gasteiger partial charge in [-0.05, 0) is 49.2 Å². The van der Waals surface area contributed by atoms with Crippen molar-refractivity contribution in [1.29, 1.82) is 0 Å². The molecule has 1 saturated carbocycles. The van der Waals surface area contributed by atoms with Crippen LogP contribution >= 0.6 is 0 Å². The van der Waals surface area contributed by atoms with Crippen LogP contribution in [0.1, 0.15) is 40.6 Å². The number of rotatable bonds is 4. The van der Waals surface area contributed by atoms with E-state index in [1.807, 2.05) is 0 Å². The second-order valence-electron chi connectivity index (χ2n) is 6.23. The standard InChI is InChI=1S/C18H14F3N5O/c19-18(20,21)16-9-15(11-1-2-11)26(25-16)13-5-3-12(4-6-13)24-17(27)14-7-8-22-10-23-14/h3-11H,1-2H2,(H,24,27). The number of hydrogen-bond donors (Lipinski definition) is 1. The maximum absolute atomic E-state index is 13.0. The molecule has 0 spiro atoms. The van der Waals surface area contributed by atoms with E-state index in [1.165, 1.54) is 23.3 Å². The number of hydrogen-bond acceptors (Lipinski definition) is 4. The normalized spacial score (nSPS) is 14.2. The molecule has 0 saturated heterocycles. The van der Waals surface area contributed by atoms with Crippen molar-refractivity contribution < 1.29 is 18.0 Å². The van der Waals surface area contributed by atoms with E-state index in [0.29, 0.717) is 17.1 Å². The predicted molar refractivity (Wildman–Crippen MR) is 90.5 cm³/mol. The highest BCUT2D eigenvalue weighted by Crippen LogP contribution is 2.42. The van der Waals surface area contributed by atoms with E-state index in [1.54, 1.807) is 24.3 Å². The van der Waals surface area contributed by atoms with Crippen molar-refractivity contribution in [3.63, 3.8) is 0 Å². The molecule has 0 bridgehead atoms. The second kappa shape index (κ2) is 6.49. The minimum absolute atomic E-state index is 0.103. The molecule has 6 nitrogen and oxygen atoms in total. The first-order valence-corrected chi connectivity index (χ1v) is 8.27. The van der Waals surface area contributed by atoms with Crippen LogP contribution in [0, 0.1) is 0 Å². The number of halogens is 3. The van der Waals surface area contributed by atoms with Crippen molar-refractivity contribution in [2.75, 3.05) is 5.32 Å². The number of benzene rings is 1. The summed E-state index contributed by atoms with van der Waals surface area (Å²) in [5, 5.41) is 6.42. The van der Waals surface area contributed by atoms with Crippen LogP contribution in [-0.4, -0.2) is 25.7 Å². The van der Waals surface area contributed by atoms with Gasteiger partial charge in [0.25, 0.3) is 5.91 Å².